The van der Waals surface area contributed by atoms with Gasteiger partial charge in [0.25, 0.3) is 0 Å². The van der Waals surface area contributed by atoms with Crippen molar-refractivity contribution in [2.24, 2.45) is 0 Å². The van der Waals surface area contributed by atoms with Crippen LogP contribution in [0, 0.1) is 13.8 Å². The number of fused-ring (bicyclic) bond motifs is 3. The summed E-state index contributed by atoms with van der Waals surface area (Å²) in [5.74, 6) is 0. The van der Waals surface area contributed by atoms with Crippen molar-refractivity contribution in [3.05, 3.63) is 70.4 Å². The van der Waals surface area contributed by atoms with E-state index < -0.39 is 0 Å². The third-order valence-corrected chi connectivity index (χ3v) is 6.36. The van der Waals surface area contributed by atoms with Gasteiger partial charge in [-0.1, -0.05) is 41.5 Å². The molecule has 0 saturated heterocycles. The van der Waals surface area contributed by atoms with Gasteiger partial charge in [0.05, 0.1) is 6.04 Å². The molecule has 0 N–H and O–H groups in total. The van der Waals surface area contributed by atoms with Gasteiger partial charge in [0.2, 0.25) is 0 Å². The third kappa shape index (κ3) is 2.59. The van der Waals surface area contributed by atoms with Crippen LogP contribution in [0.4, 0.5) is 0 Å². The summed E-state index contributed by atoms with van der Waals surface area (Å²) < 4.78 is 2.66. The van der Waals surface area contributed by atoms with Crippen molar-refractivity contribution in [1.82, 2.24) is 9.47 Å². The first-order valence-corrected chi connectivity index (χ1v) is 10.1. The van der Waals surface area contributed by atoms with E-state index in [9.17, 15) is 0 Å². The first-order valence-electron chi connectivity index (χ1n) is 10.1. The summed E-state index contributed by atoms with van der Waals surface area (Å²) in [5, 5.41) is 1.52. The summed E-state index contributed by atoms with van der Waals surface area (Å²) in [4.78, 5) is 2.75. The van der Waals surface area contributed by atoms with Gasteiger partial charge in [-0.3, -0.25) is 4.90 Å². The van der Waals surface area contributed by atoms with Crippen molar-refractivity contribution < 1.29 is 0 Å². The fourth-order valence-corrected chi connectivity index (χ4v) is 5.11. The fraction of sp³-hybridized carbons (Fsp3) is 0.417. The van der Waals surface area contributed by atoms with E-state index >= 15 is 0 Å². The van der Waals surface area contributed by atoms with E-state index in [-0.39, 0.29) is 0 Å². The Balaban J connectivity index is 1.58. The largest absolute Gasteiger partial charge is 0.343 e. The zero-order valence-electron chi connectivity index (χ0n) is 16.0. The summed E-state index contributed by atoms with van der Waals surface area (Å²) in [6, 6.07) is 16.7. The number of nitrogens with zero attached hydrogens (tertiary/aromatic N) is 2. The number of hydrogen-bond acceptors (Lipinski definition) is 1. The minimum Gasteiger partial charge on any atom is -0.343 e. The molecule has 2 heteroatoms. The van der Waals surface area contributed by atoms with Crippen molar-refractivity contribution in [3.8, 4) is 0 Å². The van der Waals surface area contributed by atoms with Crippen LogP contribution in [0.5, 0.6) is 0 Å². The molecule has 26 heavy (non-hydrogen) atoms. The minimum atomic E-state index is 0.579. The van der Waals surface area contributed by atoms with Gasteiger partial charge in [-0.15, -0.1) is 0 Å². The zero-order valence-corrected chi connectivity index (χ0v) is 16.0. The summed E-state index contributed by atoms with van der Waals surface area (Å²) in [6.45, 7) is 7.83. The molecule has 1 atom stereocenters. The Labute approximate surface area is 156 Å². The maximum atomic E-state index is 2.75. The van der Waals surface area contributed by atoms with Crippen molar-refractivity contribution in [1.29, 1.82) is 0 Å². The van der Waals surface area contributed by atoms with Crippen molar-refractivity contribution in [2.45, 2.75) is 58.7 Å². The van der Waals surface area contributed by atoms with Crippen LogP contribution in [-0.4, -0.2) is 16.0 Å². The molecule has 3 aromatic rings. The summed E-state index contributed by atoms with van der Waals surface area (Å²) >= 11 is 0. The highest BCUT2D eigenvalue weighted by Crippen LogP contribution is 2.42. The van der Waals surface area contributed by atoms with Gasteiger partial charge in [0, 0.05) is 36.2 Å². The van der Waals surface area contributed by atoms with E-state index in [4.69, 9.17) is 0 Å². The SMILES string of the molecule is Cc1ccc(CN2CCCn3c4c(c5cc(C)ccc53)CCC[C@@H]42)cc1. The molecule has 134 valence electrons. The van der Waals surface area contributed by atoms with Gasteiger partial charge in [0.15, 0.2) is 0 Å². The maximum absolute atomic E-state index is 2.75. The fourth-order valence-electron chi connectivity index (χ4n) is 5.11. The van der Waals surface area contributed by atoms with Crippen LogP contribution in [0.1, 0.15) is 53.3 Å². The Morgan fingerprint density at radius 1 is 0.923 bits per heavy atom. The van der Waals surface area contributed by atoms with Crippen LogP contribution in [0.25, 0.3) is 10.9 Å². The topological polar surface area (TPSA) is 8.17 Å². The molecule has 0 spiro atoms. The van der Waals surface area contributed by atoms with E-state index in [1.807, 2.05) is 0 Å². The normalized spacial score (nSPS) is 20.2. The minimum absolute atomic E-state index is 0.579. The second kappa shape index (κ2) is 6.28. The van der Waals surface area contributed by atoms with Crippen LogP contribution >= 0.6 is 0 Å². The predicted molar refractivity (Wildman–Crippen MR) is 109 cm³/mol. The van der Waals surface area contributed by atoms with Gasteiger partial charge < -0.3 is 4.57 Å². The van der Waals surface area contributed by atoms with E-state index in [2.05, 4.69) is 65.8 Å². The number of rotatable bonds is 2. The van der Waals surface area contributed by atoms with Crippen LogP contribution in [0.3, 0.4) is 0 Å². The molecule has 2 heterocycles. The lowest BCUT2D eigenvalue weighted by molar-refractivity contribution is 0.173. The Kier molecular flexibility index (Phi) is 3.90. The molecule has 1 aliphatic heterocycles. The van der Waals surface area contributed by atoms with E-state index in [0.29, 0.717) is 6.04 Å². The lowest BCUT2D eigenvalue weighted by atomic mass is 9.90. The second-order valence-corrected chi connectivity index (χ2v) is 8.25. The van der Waals surface area contributed by atoms with Gasteiger partial charge >= 0.3 is 0 Å². The zero-order chi connectivity index (χ0) is 17.7. The Bertz CT molecular complexity index is 945. The molecule has 0 radical (unpaired) electrons. The molecule has 2 nitrogen and oxygen atoms in total. The smallest absolute Gasteiger partial charge is 0.0507 e. The van der Waals surface area contributed by atoms with Gasteiger partial charge in [-0.25, -0.2) is 0 Å². The molecule has 2 aromatic carbocycles. The monoisotopic (exact) mass is 344 g/mol. The van der Waals surface area contributed by atoms with Crippen molar-refractivity contribution >= 4 is 10.9 Å². The van der Waals surface area contributed by atoms with Crippen LogP contribution in [0.2, 0.25) is 0 Å². The summed E-state index contributed by atoms with van der Waals surface area (Å²) in [5.41, 5.74) is 8.90. The quantitative estimate of drug-likeness (QED) is 0.592. The highest BCUT2D eigenvalue weighted by Gasteiger charge is 2.33. The molecular weight excluding hydrogens is 316 g/mol. The lowest BCUT2D eigenvalue weighted by Gasteiger charge is -2.33. The van der Waals surface area contributed by atoms with Crippen LogP contribution in [-0.2, 0) is 19.5 Å². The molecule has 1 aromatic heterocycles. The second-order valence-electron chi connectivity index (χ2n) is 8.25. The molecule has 0 fully saturated rings. The molecule has 5 rings (SSSR count). The van der Waals surface area contributed by atoms with Crippen molar-refractivity contribution in [3.63, 3.8) is 0 Å². The standard InChI is InChI=1S/C24H28N2/c1-17-7-10-19(11-8-17)16-25-13-4-14-26-22-12-9-18(2)15-21(22)20-5-3-6-23(25)24(20)26/h7-12,15,23H,3-6,13-14,16H2,1-2H3/t23-/m0/s1. The third-order valence-electron chi connectivity index (χ3n) is 6.36. The Morgan fingerprint density at radius 2 is 1.73 bits per heavy atom. The van der Waals surface area contributed by atoms with Gasteiger partial charge in [0.1, 0.15) is 0 Å². The lowest BCUT2D eigenvalue weighted by Crippen LogP contribution is -2.31. The molecule has 0 saturated carbocycles. The van der Waals surface area contributed by atoms with E-state index in [0.717, 1.165) is 13.1 Å². The van der Waals surface area contributed by atoms with Gasteiger partial charge in [-0.2, -0.15) is 0 Å². The van der Waals surface area contributed by atoms with E-state index in [1.54, 1.807) is 11.3 Å². The molecule has 1 aliphatic carbocycles. The summed E-state index contributed by atoms with van der Waals surface area (Å²) in [6.07, 6.45) is 5.10. The number of aryl methyl sites for hydroxylation is 4. The van der Waals surface area contributed by atoms with Crippen LogP contribution in [0.15, 0.2) is 42.5 Å². The summed E-state index contributed by atoms with van der Waals surface area (Å²) in [7, 11) is 0. The predicted octanol–water partition coefficient (Wildman–Crippen LogP) is 5.54. The Hall–Kier alpha value is -2.06. The average Bonchev–Trinajstić information content (AvgIpc) is 2.83. The molecule has 0 amide bonds. The number of aromatic nitrogens is 1. The molecule has 2 aliphatic rings. The highest BCUT2D eigenvalue weighted by atomic mass is 15.2. The maximum Gasteiger partial charge on any atom is 0.0507 e. The molecular formula is C24H28N2. The Morgan fingerprint density at radius 3 is 2.58 bits per heavy atom. The molecule has 0 bridgehead atoms. The highest BCUT2D eigenvalue weighted by molar-refractivity contribution is 5.86. The first-order chi connectivity index (χ1) is 12.7. The van der Waals surface area contributed by atoms with Gasteiger partial charge in [-0.05, 0) is 62.8 Å². The average molecular weight is 345 g/mol. The number of benzene rings is 2. The molecule has 0 unspecified atom stereocenters. The number of hydrogen-bond donors (Lipinski definition) is 0. The van der Waals surface area contributed by atoms with Crippen LogP contribution < -0.4 is 0 Å². The van der Waals surface area contributed by atoms with Crippen molar-refractivity contribution in [2.75, 3.05) is 6.54 Å². The first kappa shape index (κ1) is 16.1. The van der Waals surface area contributed by atoms with E-state index in [1.165, 1.54) is 59.8 Å².